The number of carbonyl (C=O) groups is 2. The lowest BCUT2D eigenvalue weighted by molar-refractivity contribution is -0.136. The Bertz CT molecular complexity index is 621. The van der Waals surface area contributed by atoms with E-state index in [0.29, 0.717) is 21.2 Å². The first-order valence-corrected chi connectivity index (χ1v) is 6.48. The summed E-state index contributed by atoms with van der Waals surface area (Å²) in [7, 11) is 0. The third-order valence-electron chi connectivity index (χ3n) is 2.70. The van der Waals surface area contributed by atoms with Gasteiger partial charge in [-0.25, -0.2) is 0 Å². The maximum absolute atomic E-state index is 12.3. The molecule has 0 aliphatic carbocycles. The molecule has 19 heavy (non-hydrogen) atoms. The van der Waals surface area contributed by atoms with Crippen LogP contribution in [-0.2, 0) is 11.2 Å². The van der Waals surface area contributed by atoms with E-state index in [4.69, 9.17) is 5.11 Å². The summed E-state index contributed by atoms with van der Waals surface area (Å²) >= 11 is 3.32. The highest BCUT2D eigenvalue weighted by atomic mass is 79.9. The molecular weight excluding hydrogens is 308 g/mol. The summed E-state index contributed by atoms with van der Waals surface area (Å²) in [6.07, 6.45) is -0.115. The van der Waals surface area contributed by atoms with Crippen molar-refractivity contribution in [1.82, 2.24) is 0 Å². The predicted octanol–water partition coefficient (Wildman–Crippen LogP) is 3.31. The van der Waals surface area contributed by atoms with Crippen LogP contribution in [0.2, 0.25) is 0 Å². The molecule has 0 saturated carbocycles. The van der Waals surface area contributed by atoms with Gasteiger partial charge in [0.1, 0.15) is 0 Å². The summed E-state index contributed by atoms with van der Waals surface area (Å²) in [4.78, 5) is 23.1. The molecule has 2 rings (SSSR count). The SMILES string of the molecule is O=C(O)Cc1cccc(C(=O)c2ccccc2)c1Br. The lowest BCUT2D eigenvalue weighted by Gasteiger charge is -2.07. The van der Waals surface area contributed by atoms with Crippen LogP contribution in [0.3, 0.4) is 0 Å². The van der Waals surface area contributed by atoms with Crippen LogP contribution in [0.4, 0.5) is 0 Å². The summed E-state index contributed by atoms with van der Waals surface area (Å²) in [5.41, 5.74) is 1.65. The molecule has 0 fully saturated rings. The van der Waals surface area contributed by atoms with Gasteiger partial charge in [-0.15, -0.1) is 0 Å². The monoisotopic (exact) mass is 318 g/mol. The van der Waals surface area contributed by atoms with Gasteiger partial charge in [-0.05, 0) is 27.6 Å². The van der Waals surface area contributed by atoms with Crippen molar-refractivity contribution in [1.29, 1.82) is 0 Å². The number of carbonyl (C=O) groups excluding carboxylic acids is 1. The standard InChI is InChI=1S/C15H11BrO3/c16-14-11(9-13(17)18)7-4-8-12(14)15(19)10-5-2-1-3-6-10/h1-8H,9H2,(H,17,18). The van der Waals surface area contributed by atoms with Crippen LogP contribution in [0.15, 0.2) is 53.0 Å². The molecule has 0 aliphatic rings. The van der Waals surface area contributed by atoms with Crippen molar-refractivity contribution in [3.8, 4) is 0 Å². The van der Waals surface area contributed by atoms with Crippen molar-refractivity contribution in [2.75, 3.05) is 0 Å². The highest BCUT2D eigenvalue weighted by Crippen LogP contribution is 2.24. The van der Waals surface area contributed by atoms with Gasteiger partial charge in [0.25, 0.3) is 0 Å². The van der Waals surface area contributed by atoms with Gasteiger partial charge in [0, 0.05) is 15.6 Å². The van der Waals surface area contributed by atoms with Crippen molar-refractivity contribution in [3.63, 3.8) is 0 Å². The van der Waals surface area contributed by atoms with E-state index in [2.05, 4.69) is 15.9 Å². The Labute approximate surface area is 119 Å². The molecular formula is C15H11BrO3. The predicted molar refractivity (Wildman–Crippen MR) is 75.4 cm³/mol. The van der Waals surface area contributed by atoms with Gasteiger partial charge < -0.3 is 5.11 Å². The zero-order valence-corrected chi connectivity index (χ0v) is 11.6. The van der Waals surface area contributed by atoms with Gasteiger partial charge >= 0.3 is 5.97 Å². The van der Waals surface area contributed by atoms with Crippen LogP contribution < -0.4 is 0 Å². The molecule has 0 spiro atoms. The van der Waals surface area contributed by atoms with Crippen molar-refractivity contribution >= 4 is 27.7 Å². The Morgan fingerprint density at radius 2 is 1.68 bits per heavy atom. The van der Waals surface area contributed by atoms with Crippen LogP contribution >= 0.6 is 15.9 Å². The van der Waals surface area contributed by atoms with E-state index in [1.54, 1.807) is 42.5 Å². The van der Waals surface area contributed by atoms with E-state index in [1.165, 1.54) is 0 Å². The fourth-order valence-corrected chi connectivity index (χ4v) is 2.38. The molecule has 1 N–H and O–H groups in total. The summed E-state index contributed by atoms with van der Waals surface area (Å²) in [5.74, 6) is -1.05. The average molecular weight is 319 g/mol. The van der Waals surface area contributed by atoms with Gasteiger partial charge in [-0.1, -0.05) is 42.5 Å². The Morgan fingerprint density at radius 1 is 1.00 bits per heavy atom. The van der Waals surface area contributed by atoms with E-state index < -0.39 is 5.97 Å². The zero-order chi connectivity index (χ0) is 13.8. The third-order valence-corrected chi connectivity index (χ3v) is 3.64. The van der Waals surface area contributed by atoms with E-state index >= 15 is 0 Å². The first kappa shape index (κ1) is 13.5. The minimum absolute atomic E-state index is 0.115. The quantitative estimate of drug-likeness (QED) is 0.880. The lowest BCUT2D eigenvalue weighted by atomic mass is 10.0. The second kappa shape index (κ2) is 5.80. The molecule has 0 amide bonds. The van der Waals surface area contributed by atoms with Crippen LogP contribution in [0.25, 0.3) is 0 Å². The molecule has 0 saturated heterocycles. The van der Waals surface area contributed by atoms with Crippen LogP contribution in [0.5, 0.6) is 0 Å². The normalized spacial score (nSPS) is 10.2. The highest BCUT2D eigenvalue weighted by Gasteiger charge is 2.15. The van der Waals surface area contributed by atoms with E-state index in [-0.39, 0.29) is 12.2 Å². The number of carboxylic acids is 1. The summed E-state index contributed by atoms with van der Waals surface area (Å²) < 4.78 is 0.547. The van der Waals surface area contributed by atoms with Crippen molar-refractivity contribution in [2.24, 2.45) is 0 Å². The Morgan fingerprint density at radius 3 is 2.32 bits per heavy atom. The van der Waals surface area contributed by atoms with Gasteiger partial charge in [-0.2, -0.15) is 0 Å². The van der Waals surface area contributed by atoms with Gasteiger partial charge in [0.05, 0.1) is 6.42 Å². The number of rotatable bonds is 4. The molecule has 0 aliphatic heterocycles. The summed E-state index contributed by atoms with van der Waals surface area (Å²) in [6.45, 7) is 0. The summed E-state index contributed by atoms with van der Waals surface area (Å²) in [5, 5.41) is 8.83. The zero-order valence-electron chi connectivity index (χ0n) is 9.97. The molecule has 2 aromatic rings. The van der Waals surface area contributed by atoms with Crippen LogP contribution in [0, 0.1) is 0 Å². The molecule has 3 nitrogen and oxygen atoms in total. The Hall–Kier alpha value is -1.94. The number of aliphatic carboxylic acids is 1. The first-order valence-electron chi connectivity index (χ1n) is 5.68. The highest BCUT2D eigenvalue weighted by molar-refractivity contribution is 9.10. The lowest BCUT2D eigenvalue weighted by Crippen LogP contribution is -2.06. The smallest absolute Gasteiger partial charge is 0.307 e. The maximum atomic E-state index is 12.3. The first-order chi connectivity index (χ1) is 9.09. The fourth-order valence-electron chi connectivity index (χ4n) is 1.80. The van der Waals surface area contributed by atoms with Gasteiger partial charge in [0.15, 0.2) is 5.78 Å². The number of benzene rings is 2. The fraction of sp³-hybridized carbons (Fsp3) is 0.0667. The van der Waals surface area contributed by atoms with E-state index in [1.807, 2.05) is 6.07 Å². The molecule has 2 aromatic carbocycles. The van der Waals surface area contributed by atoms with Crippen molar-refractivity contribution in [2.45, 2.75) is 6.42 Å². The number of hydrogen-bond acceptors (Lipinski definition) is 2. The Kier molecular flexibility index (Phi) is 4.12. The minimum Gasteiger partial charge on any atom is -0.481 e. The van der Waals surface area contributed by atoms with Crippen molar-refractivity contribution in [3.05, 3.63) is 69.7 Å². The van der Waals surface area contributed by atoms with E-state index in [0.717, 1.165) is 0 Å². The third kappa shape index (κ3) is 3.09. The van der Waals surface area contributed by atoms with Crippen LogP contribution in [0.1, 0.15) is 21.5 Å². The van der Waals surface area contributed by atoms with E-state index in [9.17, 15) is 9.59 Å². The molecule has 0 unspecified atom stereocenters. The molecule has 0 aromatic heterocycles. The second-order valence-electron chi connectivity index (χ2n) is 4.04. The van der Waals surface area contributed by atoms with Crippen molar-refractivity contribution < 1.29 is 14.7 Å². The number of ketones is 1. The average Bonchev–Trinajstić information content (AvgIpc) is 2.41. The van der Waals surface area contributed by atoms with Crippen LogP contribution in [-0.4, -0.2) is 16.9 Å². The topological polar surface area (TPSA) is 54.4 Å². The second-order valence-corrected chi connectivity index (χ2v) is 4.84. The number of carboxylic acid groups (broad SMARTS) is 1. The molecule has 96 valence electrons. The maximum Gasteiger partial charge on any atom is 0.307 e. The number of halogens is 1. The minimum atomic E-state index is -0.926. The molecule has 0 atom stereocenters. The molecule has 4 heteroatoms. The van der Waals surface area contributed by atoms with Gasteiger partial charge in [0.2, 0.25) is 0 Å². The van der Waals surface area contributed by atoms with Gasteiger partial charge in [-0.3, -0.25) is 9.59 Å². The summed E-state index contributed by atoms with van der Waals surface area (Å²) in [6, 6.07) is 14.0. The number of hydrogen-bond donors (Lipinski definition) is 1. The Balaban J connectivity index is 2.41. The largest absolute Gasteiger partial charge is 0.481 e. The molecule has 0 heterocycles. The molecule has 0 radical (unpaired) electrons. The molecule has 0 bridgehead atoms.